The van der Waals surface area contributed by atoms with Crippen molar-refractivity contribution in [2.75, 3.05) is 13.7 Å². The molecule has 0 radical (unpaired) electrons. The van der Waals surface area contributed by atoms with Crippen LogP contribution >= 0.6 is 0 Å². The van der Waals surface area contributed by atoms with Gasteiger partial charge in [0.2, 0.25) is 5.91 Å². The third-order valence-corrected chi connectivity index (χ3v) is 5.74. The summed E-state index contributed by atoms with van der Waals surface area (Å²) in [6, 6.07) is -0.596. The summed E-state index contributed by atoms with van der Waals surface area (Å²) >= 11 is 0. The minimum absolute atomic E-state index is 0.0554. The van der Waals surface area contributed by atoms with E-state index in [9.17, 15) is 22.8 Å². The van der Waals surface area contributed by atoms with Gasteiger partial charge < -0.3 is 9.64 Å². The van der Waals surface area contributed by atoms with Crippen LogP contribution in [0, 0.1) is 0 Å². The molecule has 2 aliphatic carbocycles. The summed E-state index contributed by atoms with van der Waals surface area (Å²) in [5.41, 5.74) is -2.43. The van der Waals surface area contributed by atoms with Crippen molar-refractivity contribution in [2.45, 2.75) is 76.1 Å². The highest BCUT2D eigenvalue weighted by Crippen LogP contribution is 2.39. The van der Waals surface area contributed by atoms with Crippen molar-refractivity contribution in [3.05, 3.63) is 27.2 Å². The molecule has 3 rings (SSSR count). The number of aromatic amines is 1. The Balaban J connectivity index is 1.67. The molecule has 1 saturated carbocycles. The Morgan fingerprint density at radius 3 is 2.46 bits per heavy atom. The molecule has 0 bridgehead atoms. The SMILES string of the molecule is CN(C(=O)COC1CCCCCCC1)C1CCc2c1n[nH]c(=O)c2C(F)(F)F. The van der Waals surface area contributed by atoms with Crippen LogP contribution in [0.3, 0.4) is 0 Å². The van der Waals surface area contributed by atoms with E-state index in [1.54, 1.807) is 7.05 Å². The molecule has 0 saturated heterocycles. The van der Waals surface area contributed by atoms with Crippen molar-refractivity contribution in [1.82, 2.24) is 15.1 Å². The minimum Gasteiger partial charge on any atom is -0.368 e. The van der Waals surface area contributed by atoms with Crippen LogP contribution in [0.1, 0.15) is 74.2 Å². The Kier molecular flexibility index (Phi) is 6.42. The molecule has 1 aromatic heterocycles. The maximum absolute atomic E-state index is 13.2. The summed E-state index contributed by atoms with van der Waals surface area (Å²) in [7, 11) is 1.55. The van der Waals surface area contributed by atoms with Crippen LogP contribution in [0.25, 0.3) is 0 Å². The lowest BCUT2D eigenvalue weighted by atomic mass is 9.99. The molecule has 1 heterocycles. The van der Waals surface area contributed by atoms with Crippen molar-refractivity contribution in [1.29, 1.82) is 0 Å². The molecular weight excluding hydrogens is 375 g/mol. The Morgan fingerprint density at radius 2 is 1.82 bits per heavy atom. The van der Waals surface area contributed by atoms with Gasteiger partial charge in [0.25, 0.3) is 5.56 Å². The number of ether oxygens (including phenoxy) is 1. The molecule has 1 aromatic rings. The van der Waals surface area contributed by atoms with Gasteiger partial charge in [0.05, 0.1) is 17.8 Å². The summed E-state index contributed by atoms with van der Waals surface area (Å²) < 4.78 is 45.5. The lowest BCUT2D eigenvalue weighted by Gasteiger charge is -2.26. The Morgan fingerprint density at radius 1 is 1.18 bits per heavy atom. The van der Waals surface area contributed by atoms with Gasteiger partial charge in [-0.3, -0.25) is 9.59 Å². The van der Waals surface area contributed by atoms with Crippen molar-refractivity contribution in [3.8, 4) is 0 Å². The smallest absolute Gasteiger partial charge is 0.368 e. The predicted molar refractivity (Wildman–Crippen MR) is 95.8 cm³/mol. The number of likely N-dealkylation sites (N-methyl/N-ethyl adjacent to an activating group) is 1. The molecule has 28 heavy (non-hydrogen) atoms. The van der Waals surface area contributed by atoms with Gasteiger partial charge in [-0.25, -0.2) is 5.10 Å². The van der Waals surface area contributed by atoms with Crippen molar-refractivity contribution >= 4 is 5.91 Å². The molecule has 0 aromatic carbocycles. The number of fused-ring (bicyclic) bond motifs is 1. The van der Waals surface area contributed by atoms with Crippen molar-refractivity contribution < 1.29 is 22.7 Å². The molecule has 156 valence electrons. The number of halogens is 3. The zero-order valence-corrected chi connectivity index (χ0v) is 16.0. The third kappa shape index (κ3) is 4.56. The van der Waals surface area contributed by atoms with Crippen LogP contribution in [0.15, 0.2) is 4.79 Å². The van der Waals surface area contributed by atoms with E-state index in [1.165, 1.54) is 24.2 Å². The summed E-state index contributed by atoms with van der Waals surface area (Å²) in [6.45, 7) is -0.0948. The average Bonchev–Trinajstić information content (AvgIpc) is 3.02. The van der Waals surface area contributed by atoms with E-state index in [0.717, 1.165) is 25.7 Å². The molecule has 1 fully saturated rings. The second-order valence-electron chi connectivity index (χ2n) is 7.63. The van der Waals surface area contributed by atoms with E-state index >= 15 is 0 Å². The number of hydrogen-bond acceptors (Lipinski definition) is 4. The first-order valence-corrected chi connectivity index (χ1v) is 9.85. The zero-order valence-electron chi connectivity index (χ0n) is 16.0. The first-order valence-electron chi connectivity index (χ1n) is 9.85. The Hall–Kier alpha value is -1.90. The van der Waals surface area contributed by atoms with Gasteiger partial charge in [0.15, 0.2) is 0 Å². The molecule has 1 amide bonds. The van der Waals surface area contributed by atoms with Crippen LogP contribution in [-0.4, -0.2) is 40.8 Å². The largest absolute Gasteiger partial charge is 0.422 e. The fourth-order valence-corrected chi connectivity index (χ4v) is 4.17. The third-order valence-electron chi connectivity index (χ3n) is 5.74. The van der Waals surface area contributed by atoms with Gasteiger partial charge in [-0.15, -0.1) is 0 Å². The highest BCUT2D eigenvalue weighted by Gasteiger charge is 2.42. The molecular formula is C19H26F3N3O3. The summed E-state index contributed by atoms with van der Waals surface area (Å²) in [5, 5.41) is 5.75. The number of rotatable bonds is 4. The Bertz CT molecular complexity index is 755. The number of H-pyrrole nitrogens is 1. The maximum Gasteiger partial charge on any atom is 0.422 e. The molecule has 1 N–H and O–H groups in total. The highest BCUT2D eigenvalue weighted by atomic mass is 19.4. The lowest BCUT2D eigenvalue weighted by Crippen LogP contribution is -2.35. The molecule has 2 aliphatic rings. The minimum atomic E-state index is -4.75. The number of alkyl halides is 3. The Labute approximate surface area is 161 Å². The van der Waals surface area contributed by atoms with Crippen LogP contribution in [0.5, 0.6) is 0 Å². The summed E-state index contributed by atoms with van der Waals surface area (Å²) in [6.07, 6.45) is 3.30. The fourth-order valence-electron chi connectivity index (χ4n) is 4.17. The van der Waals surface area contributed by atoms with E-state index < -0.39 is 23.3 Å². The predicted octanol–water partition coefficient (Wildman–Crippen LogP) is 3.36. The number of carbonyl (C=O) groups is 1. The second-order valence-corrected chi connectivity index (χ2v) is 7.63. The second kappa shape index (κ2) is 8.63. The quantitative estimate of drug-likeness (QED) is 0.840. The molecule has 0 spiro atoms. The van der Waals surface area contributed by atoms with Gasteiger partial charge in [-0.05, 0) is 31.2 Å². The molecule has 6 nitrogen and oxygen atoms in total. The van der Waals surface area contributed by atoms with E-state index in [0.29, 0.717) is 6.42 Å². The first-order chi connectivity index (χ1) is 13.3. The molecule has 1 unspecified atom stereocenters. The van der Waals surface area contributed by atoms with Gasteiger partial charge in [0, 0.05) is 7.05 Å². The number of amides is 1. The van der Waals surface area contributed by atoms with Gasteiger partial charge >= 0.3 is 6.18 Å². The van der Waals surface area contributed by atoms with E-state index in [1.807, 2.05) is 5.10 Å². The molecule has 1 atom stereocenters. The highest BCUT2D eigenvalue weighted by molar-refractivity contribution is 5.77. The maximum atomic E-state index is 13.2. The van der Waals surface area contributed by atoms with Gasteiger partial charge in [-0.2, -0.15) is 18.3 Å². The van der Waals surface area contributed by atoms with Gasteiger partial charge in [-0.1, -0.05) is 32.1 Å². The number of aromatic nitrogens is 2. The molecule has 0 aliphatic heterocycles. The van der Waals surface area contributed by atoms with Crippen molar-refractivity contribution in [3.63, 3.8) is 0 Å². The first kappa shape index (κ1) is 20.8. The fraction of sp³-hybridized carbons (Fsp3) is 0.737. The topological polar surface area (TPSA) is 75.3 Å². The number of nitrogens with zero attached hydrogens (tertiary/aromatic N) is 2. The number of nitrogens with one attached hydrogen (secondary N) is 1. The normalized spacial score (nSPS) is 21.1. The van der Waals surface area contributed by atoms with Crippen LogP contribution in [0.4, 0.5) is 13.2 Å². The van der Waals surface area contributed by atoms with Gasteiger partial charge in [0.1, 0.15) is 12.2 Å². The van der Waals surface area contributed by atoms with E-state index in [2.05, 4.69) is 5.10 Å². The monoisotopic (exact) mass is 401 g/mol. The zero-order chi connectivity index (χ0) is 20.3. The summed E-state index contributed by atoms with van der Waals surface area (Å²) in [5.74, 6) is -0.290. The molecule has 9 heteroatoms. The van der Waals surface area contributed by atoms with E-state index in [4.69, 9.17) is 4.74 Å². The summed E-state index contributed by atoms with van der Waals surface area (Å²) in [4.78, 5) is 25.6. The van der Waals surface area contributed by atoms with Crippen LogP contribution in [0.2, 0.25) is 0 Å². The standard InChI is InChI=1S/C19H26F3N3O3/c1-25(15(26)11-28-12-7-5-3-2-4-6-8-12)14-10-9-13-16(19(20,21)22)18(27)24-23-17(13)14/h12,14H,2-11H2,1H3,(H,24,27). The number of carbonyl (C=O) groups excluding carboxylic acids is 1. The average molecular weight is 401 g/mol. The van der Waals surface area contributed by atoms with Crippen molar-refractivity contribution in [2.24, 2.45) is 0 Å². The number of hydrogen-bond donors (Lipinski definition) is 1. The van der Waals surface area contributed by atoms with E-state index in [-0.39, 0.29) is 36.3 Å². The van der Waals surface area contributed by atoms with Crippen LogP contribution in [-0.2, 0) is 22.1 Å². The van der Waals surface area contributed by atoms with Crippen LogP contribution < -0.4 is 5.56 Å². The lowest BCUT2D eigenvalue weighted by molar-refractivity contribution is -0.139.